The Morgan fingerprint density at radius 1 is 1.24 bits per heavy atom. The first-order chi connectivity index (χ1) is 12.1. The van der Waals surface area contributed by atoms with Gasteiger partial charge in [0.05, 0.1) is 12.2 Å². The van der Waals surface area contributed by atoms with Gasteiger partial charge in [0, 0.05) is 44.8 Å². The van der Waals surface area contributed by atoms with Crippen molar-refractivity contribution in [2.75, 3.05) is 33.2 Å². The van der Waals surface area contributed by atoms with Crippen molar-refractivity contribution in [3.8, 4) is 0 Å². The first-order valence-corrected chi connectivity index (χ1v) is 9.29. The molecule has 6 heteroatoms. The average Bonchev–Trinajstić information content (AvgIpc) is 2.87. The van der Waals surface area contributed by atoms with Gasteiger partial charge in [0.2, 0.25) is 11.8 Å². The van der Waals surface area contributed by atoms with E-state index in [1.807, 2.05) is 23.2 Å². The Morgan fingerprint density at radius 3 is 2.84 bits per heavy atom. The Morgan fingerprint density at radius 2 is 2.12 bits per heavy atom. The second-order valence-corrected chi connectivity index (χ2v) is 7.12. The predicted octanol–water partition coefficient (Wildman–Crippen LogP) is 1.52. The second kappa shape index (κ2) is 8.43. The Bertz CT molecular complexity index is 592. The van der Waals surface area contributed by atoms with Crippen molar-refractivity contribution in [3.05, 3.63) is 30.1 Å². The van der Waals surface area contributed by atoms with Crippen molar-refractivity contribution < 1.29 is 9.59 Å². The molecule has 2 aliphatic heterocycles. The minimum Gasteiger partial charge on any atom is -0.341 e. The van der Waals surface area contributed by atoms with Crippen LogP contribution in [0.2, 0.25) is 0 Å². The van der Waals surface area contributed by atoms with Crippen LogP contribution in [0.5, 0.6) is 0 Å². The molecule has 1 aromatic rings. The SMILES string of the molecule is CN(Cc1ccccn1)[C@@H]1CCCN(C(=O)CN2CCCC2=O)CC1. The summed E-state index contributed by atoms with van der Waals surface area (Å²) in [5.74, 6) is 0.222. The van der Waals surface area contributed by atoms with Crippen LogP contribution in [0.25, 0.3) is 0 Å². The van der Waals surface area contributed by atoms with Gasteiger partial charge in [-0.2, -0.15) is 0 Å². The normalized spacial score (nSPS) is 21.7. The third kappa shape index (κ3) is 4.78. The van der Waals surface area contributed by atoms with E-state index in [-0.39, 0.29) is 18.4 Å². The van der Waals surface area contributed by atoms with Crippen LogP contribution in [0.3, 0.4) is 0 Å². The van der Waals surface area contributed by atoms with Crippen LogP contribution < -0.4 is 0 Å². The Kier molecular flexibility index (Phi) is 6.02. The monoisotopic (exact) mass is 344 g/mol. The number of likely N-dealkylation sites (tertiary alicyclic amines) is 2. The molecule has 0 aliphatic carbocycles. The van der Waals surface area contributed by atoms with Crippen molar-refractivity contribution in [2.45, 2.75) is 44.7 Å². The fourth-order valence-electron chi connectivity index (χ4n) is 3.78. The molecule has 1 atom stereocenters. The van der Waals surface area contributed by atoms with E-state index in [1.165, 1.54) is 0 Å². The lowest BCUT2D eigenvalue weighted by Gasteiger charge is -2.27. The zero-order valence-corrected chi connectivity index (χ0v) is 15.1. The van der Waals surface area contributed by atoms with Crippen LogP contribution in [-0.4, -0.2) is 70.8 Å². The number of hydrogen-bond donors (Lipinski definition) is 0. The molecule has 3 rings (SSSR count). The Hall–Kier alpha value is -1.95. The lowest BCUT2D eigenvalue weighted by atomic mass is 10.1. The summed E-state index contributed by atoms with van der Waals surface area (Å²) < 4.78 is 0. The first-order valence-electron chi connectivity index (χ1n) is 9.29. The van der Waals surface area contributed by atoms with Crippen LogP contribution in [0.4, 0.5) is 0 Å². The number of nitrogens with zero attached hydrogens (tertiary/aromatic N) is 4. The third-order valence-corrected chi connectivity index (χ3v) is 5.31. The highest BCUT2D eigenvalue weighted by Crippen LogP contribution is 2.18. The number of carbonyl (C=O) groups is 2. The summed E-state index contributed by atoms with van der Waals surface area (Å²) in [4.78, 5) is 34.6. The molecular formula is C19H28N4O2. The van der Waals surface area contributed by atoms with Gasteiger partial charge in [-0.1, -0.05) is 6.07 Å². The van der Waals surface area contributed by atoms with Crippen molar-refractivity contribution in [2.24, 2.45) is 0 Å². The number of hydrogen-bond acceptors (Lipinski definition) is 4. The van der Waals surface area contributed by atoms with E-state index in [0.717, 1.165) is 57.6 Å². The van der Waals surface area contributed by atoms with Crippen LogP contribution >= 0.6 is 0 Å². The molecule has 0 saturated carbocycles. The largest absolute Gasteiger partial charge is 0.341 e. The zero-order chi connectivity index (χ0) is 17.6. The predicted molar refractivity (Wildman–Crippen MR) is 95.7 cm³/mol. The number of aromatic nitrogens is 1. The molecule has 0 aromatic carbocycles. The standard InChI is InChI=1S/C19H28N4O2/c1-21(14-16-6-2-3-10-20-16)17-7-4-11-22(13-9-17)19(25)15-23-12-5-8-18(23)24/h2-3,6,10,17H,4-5,7-9,11-15H2,1H3/t17-/m1/s1. The van der Waals surface area contributed by atoms with Crippen LogP contribution in [0.1, 0.15) is 37.8 Å². The zero-order valence-electron chi connectivity index (χ0n) is 15.1. The number of pyridine rings is 1. The molecular weight excluding hydrogens is 316 g/mol. The van der Waals surface area contributed by atoms with Gasteiger partial charge < -0.3 is 9.80 Å². The molecule has 25 heavy (non-hydrogen) atoms. The third-order valence-electron chi connectivity index (χ3n) is 5.31. The summed E-state index contributed by atoms with van der Waals surface area (Å²) in [6.07, 6.45) is 6.38. The Labute approximate surface area is 149 Å². The van der Waals surface area contributed by atoms with Crippen molar-refractivity contribution in [1.29, 1.82) is 0 Å². The highest BCUT2D eigenvalue weighted by molar-refractivity contribution is 5.85. The summed E-state index contributed by atoms with van der Waals surface area (Å²) >= 11 is 0. The smallest absolute Gasteiger partial charge is 0.242 e. The molecule has 2 aliphatic rings. The summed E-state index contributed by atoms with van der Waals surface area (Å²) in [6.45, 7) is 3.40. The van der Waals surface area contributed by atoms with Gasteiger partial charge in [0.25, 0.3) is 0 Å². The highest BCUT2D eigenvalue weighted by atomic mass is 16.2. The van der Waals surface area contributed by atoms with Crippen molar-refractivity contribution in [1.82, 2.24) is 19.7 Å². The molecule has 2 saturated heterocycles. The van der Waals surface area contributed by atoms with Crippen LogP contribution in [0, 0.1) is 0 Å². The number of carbonyl (C=O) groups excluding carboxylic acids is 2. The average molecular weight is 344 g/mol. The molecule has 0 radical (unpaired) electrons. The number of amides is 2. The van der Waals surface area contributed by atoms with E-state index in [0.29, 0.717) is 12.5 Å². The van der Waals surface area contributed by atoms with E-state index in [1.54, 1.807) is 4.90 Å². The van der Waals surface area contributed by atoms with Crippen LogP contribution in [0.15, 0.2) is 24.4 Å². The minimum atomic E-state index is 0.100. The lowest BCUT2D eigenvalue weighted by molar-refractivity contribution is -0.138. The topological polar surface area (TPSA) is 56.8 Å². The van der Waals surface area contributed by atoms with E-state index in [9.17, 15) is 9.59 Å². The summed E-state index contributed by atoms with van der Waals surface area (Å²) in [7, 11) is 2.14. The maximum atomic E-state index is 12.5. The summed E-state index contributed by atoms with van der Waals surface area (Å²) in [5, 5.41) is 0. The van der Waals surface area contributed by atoms with Gasteiger partial charge >= 0.3 is 0 Å². The second-order valence-electron chi connectivity index (χ2n) is 7.12. The van der Waals surface area contributed by atoms with Crippen LogP contribution in [-0.2, 0) is 16.1 Å². The minimum absolute atomic E-state index is 0.100. The highest BCUT2D eigenvalue weighted by Gasteiger charge is 2.27. The number of rotatable bonds is 5. The van der Waals surface area contributed by atoms with E-state index >= 15 is 0 Å². The summed E-state index contributed by atoms with van der Waals surface area (Å²) in [6, 6.07) is 6.47. The van der Waals surface area contributed by atoms with Gasteiger partial charge in [-0.05, 0) is 44.9 Å². The van der Waals surface area contributed by atoms with Crippen molar-refractivity contribution >= 4 is 11.8 Å². The molecule has 0 unspecified atom stereocenters. The van der Waals surface area contributed by atoms with E-state index < -0.39 is 0 Å². The van der Waals surface area contributed by atoms with E-state index in [4.69, 9.17) is 0 Å². The molecule has 0 spiro atoms. The van der Waals surface area contributed by atoms with E-state index in [2.05, 4.69) is 23.0 Å². The fourth-order valence-corrected chi connectivity index (χ4v) is 3.78. The molecule has 3 heterocycles. The molecule has 2 fully saturated rings. The quantitative estimate of drug-likeness (QED) is 0.813. The molecule has 0 N–H and O–H groups in total. The Balaban J connectivity index is 1.49. The van der Waals surface area contributed by atoms with Gasteiger partial charge in [-0.25, -0.2) is 0 Å². The van der Waals surface area contributed by atoms with Crippen molar-refractivity contribution in [3.63, 3.8) is 0 Å². The molecule has 0 bridgehead atoms. The first kappa shape index (κ1) is 17.9. The molecule has 6 nitrogen and oxygen atoms in total. The van der Waals surface area contributed by atoms with Gasteiger partial charge in [-0.15, -0.1) is 0 Å². The molecule has 136 valence electrons. The lowest BCUT2D eigenvalue weighted by Crippen LogP contribution is -2.41. The fraction of sp³-hybridized carbons (Fsp3) is 0.632. The maximum Gasteiger partial charge on any atom is 0.242 e. The van der Waals surface area contributed by atoms with Gasteiger partial charge in [-0.3, -0.25) is 19.5 Å². The molecule has 2 amide bonds. The van der Waals surface area contributed by atoms with Gasteiger partial charge in [0.1, 0.15) is 0 Å². The maximum absolute atomic E-state index is 12.5. The molecule has 1 aromatic heterocycles. The summed E-state index contributed by atoms with van der Waals surface area (Å²) in [5.41, 5.74) is 1.08. The van der Waals surface area contributed by atoms with Gasteiger partial charge in [0.15, 0.2) is 0 Å².